The van der Waals surface area contributed by atoms with Gasteiger partial charge in [0.05, 0.1) is 34.9 Å². The molecule has 2 atom stereocenters. The molecule has 0 aliphatic carbocycles. The van der Waals surface area contributed by atoms with Gasteiger partial charge in [0.15, 0.2) is 0 Å². The predicted octanol–water partition coefficient (Wildman–Crippen LogP) is 19.1. The zero-order valence-electron chi connectivity index (χ0n) is 43.0. The van der Waals surface area contributed by atoms with Gasteiger partial charge in [-0.1, -0.05) is 238 Å². The second kappa shape index (κ2) is 21.2. The van der Waals surface area contributed by atoms with Gasteiger partial charge in [-0.05, 0) is 126 Å². The van der Waals surface area contributed by atoms with Crippen molar-refractivity contribution in [3.8, 4) is 22.5 Å². The molecule has 2 N–H and O–H groups in total. The monoisotopic (exact) mass is 978 g/mol. The Labute approximate surface area is 445 Å². The molecule has 76 heavy (non-hydrogen) atoms. The average molecular weight is 979 g/mol. The first-order valence-corrected chi connectivity index (χ1v) is 26.4. The normalized spacial score (nSPS) is 12.2. The largest absolute Gasteiger partial charge is 0.373 e. The molecular formula is C72H58N4. The van der Waals surface area contributed by atoms with Crippen molar-refractivity contribution in [2.75, 3.05) is 10.6 Å². The number of pyridine rings is 2. The lowest BCUT2D eigenvalue weighted by molar-refractivity contribution is 0.863. The molecule has 0 radical (unpaired) electrons. The lowest BCUT2D eigenvalue weighted by atomic mass is 9.89. The number of nitrogens with zero attached hydrogens (tertiary/aromatic N) is 2. The smallest absolute Gasteiger partial charge is 0.0952 e. The summed E-state index contributed by atoms with van der Waals surface area (Å²) < 4.78 is 0. The van der Waals surface area contributed by atoms with Crippen molar-refractivity contribution in [2.24, 2.45) is 0 Å². The molecule has 2 heterocycles. The van der Waals surface area contributed by atoms with Crippen molar-refractivity contribution < 1.29 is 0 Å². The number of aryl methyl sites for hydroxylation is 1. The minimum absolute atomic E-state index is 0.0500. The van der Waals surface area contributed by atoms with Gasteiger partial charge in [0, 0.05) is 27.9 Å². The van der Waals surface area contributed by atoms with Crippen molar-refractivity contribution in [1.82, 2.24) is 9.97 Å². The van der Waals surface area contributed by atoms with Crippen LogP contribution < -0.4 is 10.6 Å². The van der Waals surface area contributed by atoms with Crippen LogP contribution in [0.25, 0.3) is 76.4 Å². The van der Waals surface area contributed by atoms with Gasteiger partial charge in [-0.15, -0.1) is 0 Å². The van der Waals surface area contributed by atoms with Crippen LogP contribution in [0.4, 0.5) is 11.4 Å². The zero-order valence-corrected chi connectivity index (χ0v) is 43.0. The third-order valence-electron chi connectivity index (χ3n) is 14.8. The lowest BCUT2D eigenvalue weighted by Gasteiger charge is -2.26. The summed E-state index contributed by atoms with van der Waals surface area (Å²) in [6, 6.07) is 94.5. The van der Waals surface area contributed by atoms with Crippen molar-refractivity contribution in [3.05, 3.63) is 301 Å². The summed E-state index contributed by atoms with van der Waals surface area (Å²) in [6.45, 7) is 6.63. The molecular weight excluding hydrogens is 921 g/mol. The molecule has 366 valence electrons. The Morgan fingerprint density at radius 1 is 0.329 bits per heavy atom. The summed E-state index contributed by atoms with van der Waals surface area (Å²) in [4.78, 5) is 10.6. The molecule has 0 amide bonds. The van der Waals surface area contributed by atoms with Gasteiger partial charge >= 0.3 is 0 Å². The Morgan fingerprint density at radius 3 is 1.33 bits per heavy atom. The molecule has 13 rings (SSSR count). The highest BCUT2D eigenvalue weighted by Gasteiger charge is 2.24. The van der Waals surface area contributed by atoms with E-state index in [1.807, 2.05) is 0 Å². The quantitative estimate of drug-likeness (QED) is 0.127. The Bertz CT molecular complexity index is 4120. The van der Waals surface area contributed by atoms with E-state index in [0.717, 1.165) is 45.3 Å². The summed E-state index contributed by atoms with van der Waals surface area (Å²) in [5.41, 5.74) is 13.4. The number of anilines is 2. The van der Waals surface area contributed by atoms with Crippen molar-refractivity contribution in [1.29, 1.82) is 0 Å². The van der Waals surface area contributed by atoms with E-state index in [9.17, 15) is 0 Å². The molecule has 0 fully saturated rings. The number of fused-ring (bicyclic) bond motifs is 5. The highest BCUT2D eigenvalue weighted by atomic mass is 15.0. The molecule has 0 bridgehead atoms. The van der Waals surface area contributed by atoms with E-state index in [4.69, 9.17) is 9.97 Å². The fourth-order valence-corrected chi connectivity index (χ4v) is 10.9. The maximum absolute atomic E-state index is 5.43. The third-order valence-corrected chi connectivity index (χ3v) is 14.8. The number of rotatable bonds is 11. The molecule has 0 aliphatic rings. The molecule has 2 aromatic heterocycles. The zero-order chi connectivity index (χ0) is 51.4. The van der Waals surface area contributed by atoms with Gasteiger partial charge in [-0.25, -0.2) is 0 Å². The van der Waals surface area contributed by atoms with Crippen LogP contribution in [0.2, 0.25) is 0 Å². The maximum atomic E-state index is 5.43. The SMILES string of the molecule is CC(C)c1ccc(NC(c2ccccc2)c2cccc(-c3cccc4ccccc34)n2)cc1.Cc1ccc2ccccc2c1NC(c1cccc(-c2cccc3ccccc23)n1)c1c2ccccc2cc2ccccc12. The van der Waals surface area contributed by atoms with E-state index >= 15 is 0 Å². The van der Waals surface area contributed by atoms with Crippen LogP contribution >= 0.6 is 0 Å². The molecule has 2 unspecified atom stereocenters. The van der Waals surface area contributed by atoms with Gasteiger partial charge in [-0.2, -0.15) is 0 Å². The van der Waals surface area contributed by atoms with Crippen LogP contribution in [0, 0.1) is 6.92 Å². The second-order valence-corrected chi connectivity index (χ2v) is 20.0. The van der Waals surface area contributed by atoms with Crippen molar-refractivity contribution in [3.63, 3.8) is 0 Å². The van der Waals surface area contributed by atoms with Crippen LogP contribution in [0.5, 0.6) is 0 Å². The Morgan fingerprint density at radius 2 is 0.776 bits per heavy atom. The van der Waals surface area contributed by atoms with Gasteiger partial charge < -0.3 is 10.6 Å². The van der Waals surface area contributed by atoms with Gasteiger partial charge in [0.1, 0.15) is 0 Å². The average Bonchev–Trinajstić information content (AvgIpc) is 3.53. The topological polar surface area (TPSA) is 49.8 Å². The first-order chi connectivity index (χ1) is 37.4. The molecule has 4 heteroatoms. The standard InChI is InChI=1S/C41H30N2.C31H28N2/c1-27-24-25-29-13-3-9-20-35(29)40(27)43-41(39-33-18-7-4-14-30(33)26-31-15-5-8-19-34(31)39)38-23-11-22-37(42-38)36-21-10-16-28-12-2-6-17-32(28)36;1-22(2)23-18-20-26(21-19-23)32-31(25-11-4-3-5-12-25)30-17-9-16-29(33-30)28-15-8-13-24-10-6-7-14-27(24)28/h2-26,41,43H,1H3;3-22,31-32H,1-2H3. The Hall–Kier alpha value is -9.38. The van der Waals surface area contributed by atoms with E-state index in [-0.39, 0.29) is 12.1 Å². The minimum atomic E-state index is -0.199. The number of hydrogen-bond acceptors (Lipinski definition) is 4. The first kappa shape index (κ1) is 47.6. The predicted molar refractivity (Wildman–Crippen MR) is 322 cm³/mol. The molecule has 0 spiro atoms. The van der Waals surface area contributed by atoms with E-state index in [1.165, 1.54) is 76.1 Å². The highest BCUT2D eigenvalue weighted by molar-refractivity contribution is 6.04. The molecule has 0 saturated carbocycles. The fraction of sp³-hybridized carbons (Fsp3) is 0.0833. The molecule has 0 saturated heterocycles. The van der Waals surface area contributed by atoms with Crippen LogP contribution in [0.3, 0.4) is 0 Å². The van der Waals surface area contributed by atoms with E-state index < -0.39 is 0 Å². The van der Waals surface area contributed by atoms with Crippen LogP contribution in [0.15, 0.2) is 267 Å². The lowest BCUT2D eigenvalue weighted by Crippen LogP contribution is -2.16. The first-order valence-electron chi connectivity index (χ1n) is 26.4. The summed E-state index contributed by atoms with van der Waals surface area (Å²) >= 11 is 0. The maximum Gasteiger partial charge on any atom is 0.0952 e. The van der Waals surface area contributed by atoms with E-state index in [1.54, 1.807) is 0 Å². The fourth-order valence-electron chi connectivity index (χ4n) is 10.9. The third kappa shape index (κ3) is 9.65. The summed E-state index contributed by atoms with van der Waals surface area (Å²) in [6.07, 6.45) is 0. The number of benzene rings is 11. The van der Waals surface area contributed by atoms with Crippen LogP contribution in [0.1, 0.15) is 65.5 Å². The summed E-state index contributed by atoms with van der Waals surface area (Å²) in [5.74, 6) is 0.517. The second-order valence-electron chi connectivity index (χ2n) is 20.0. The number of hydrogen-bond donors (Lipinski definition) is 2. The highest BCUT2D eigenvalue weighted by Crippen LogP contribution is 2.41. The van der Waals surface area contributed by atoms with E-state index in [0.29, 0.717) is 5.92 Å². The van der Waals surface area contributed by atoms with Crippen molar-refractivity contribution in [2.45, 2.75) is 38.8 Å². The van der Waals surface area contributed by atoms with Crippen LogP contribution in [-0.2, 0) is 0 Å². The van der Waals surface area contributed by atoms with Gasteiger partial charge in [0.25, 0.3) is 0 Å². The molecule has 13 aromatic rings. The van der Waals surface area contributed by atoms with Crippen molar-refractivity contribution >= 4 is 65.2 Å². The Kier molecular flexibility index (Phi) is 13.3. The van der Waals surface area contributed by atoms with E-state index in [2.05, 4.69) is 298 Å². The number of aromatic nitrogens is 2. The number of nitrogens with one attached hydrogen (secondary N) is 2. The molecule has 0 aliphatic heterocycles. The minimum Gasteiger partial charge on any atom is -0.373 e. The molecule has 11 aromatic carbocycles. The summed E-state index contributed by atoms with van der Waals surface area (Å²) in [5, 5.41) is 20.0. The molecule has 4 nitrogen and oxygen atoms in total. The van der Waals surface area contributed by atoms with Crippen LogP contribution in [-0.4, -0.2) is 9.97 Å². The Balaban J connectivity index is 0.000000159. The summed E-state index contributed by atoms with van der Waals surface area (Å²) in [7, 11) is 0. The van der Waals surface area contributed by atoms with Gasteiger partial charge in [-0.3, -0.25) is 9.97 Å². The van der Waals surface area contributed by atoms with Gasteiger partial charge in [0.2, 0.25) is 0 Å².